The average molecular weight is 303 g/mol. The second-order valence-electron chi connectivity index (χ2n) is 5.01. The molecule has 7 heteroatoms. The molecule has 2 aromatic rings. The molecule has 0 spiro atoms. The van der Waals surface area contributed by atoms with Gasteiger partial charge in [0, 0.05) is 19.6 Å². The van der Waals surface area contributed by atoms with Crippen molar-refractivity contribution in [2.24, 2.45) is 0 Å². The van der Waals surface area contributed by atoms with Crippen LogP contribution in [0.5, 0.6) is 0 Å². The number of ether oxygens (including phenoxy) is 1. The molecule has 0 atom stereocenters. The molecule has 1 saturated heterocycles. The van der Waals surface area contributed by atoms with E-state index in [1.54, 1.807) is 18.3 Å². The Morgan fingerprint density at radius 1 is 1.23 bits per heavy atom. The molecule has 22 heavy (non-hydrogen) atoms. The smallest absolute Gasteiger partial charge is 0.244 e. The molecule has 0 amide bonds. The van der Waals surface area contributed by atoms with Crippen molar-refractivity contribution in [2.45, 2.75) is 6.42 Å². The van der Waals surface area contributed by atoms with Crippen LogP contribution in [0, 0.1) is 5.82 Å². The van der Waals surface area contributed by atoms with Gasteiger partial charge in [0.1, 0.15) is 5.82 Å². The van der Waals surface area contributed by atoms with Gasteiger partial charge in [-0.25, -0.2) is 4.39 Å². The molecule has 116 valence electrons. The van der Waals surface area contributed by atoms with Crippen molar-refractivity contribution in [1.29, 1.82) is 0 Å². The van der Waals surface area contributed by atoms with Crippen LogP contribution in [0.1, 0.15) is 5.56 Å². The molecule has 1 fully saturated rings. The zero-order valence-corrected chi connectivity index (χ0v) is 12.2. The van der Waals surface area contributed by atoms with Crippen LogP contribution >= 0.6 is 0 Å². The van der Waals surface area contributed by atoms with Crippen molar-refractivity contribution in [1.82, 2.24) is 15.2 Å². The van der Waals surface area contributed by atoms with Crippen molar-refractivity contribution in [2.75, 3.05) is 43.1 Å². The van der Waals surface area contributed by atoms with Crippen LogP contribution in [0.15, 0.2) is 30.5 Å². The highest BCUT2D eigenvalue weighted by atomic mass is 19.1. The number of nitrogens with zero attached hydrogens (tertiary/aromatic N) is 4. The lowest BCUT2D eigenvalue weighted by Gasteiger charge is -2.27. The fourth-order valence-electron chi connectivity index (χ4n) is 2.32. The Labute approximate surface area is 128 Å². The largest absolute Gasteiger partial charge is 0.378 e. The van der Waals surface area contributed by atoms with E-state index in [1.807, 2.05) is 6.07 Å². The van der Waals surface area contributed by atoms with Gasteiger partial charge in [0.2, 0.25) is 5.95 Å². The minimum Gasteiger partial charge on any atom is -0.378 e. The number of anilines is 2. The SMILES string of the molecule is Fc1ccccc1CCNc1nncc(N2CCOCC2)n1. The first-order chi connectivity index (χ1) is 10.8. The summed E-state index contributed by atoms with van der Waals surface area (Å²) in [5, 5.41) is 11.0. The van der Waals surface area contributed by atoms with Crippen LogP contribution in [-0.4, -0.2) is 48.0 Å². The van der Waals surface area contributed by atoms with Gasteiger partial charge < -0.3 is 15.0 Å². The van der Waals surface area contributed by atoms with Crippen LogP contribution in [0.3, 0.4) is 0 Å². The zero-order chi connectivity index (χ0) is 15.2. The number of hydrogen-bond acceptors (Lipinski definition) is 6. The summed E-state index contributed by atoms with van der Waals surface area (Å²) in [5.41, 5.74) is 0.673. The number of benzene rings is 1. The topological polar surface area (TPSA) is 63.2 Å². The Bertz CT molecular complexity index is 618. The maximum Gasteiger partial charge on any atom is 0.244 e. The lowest BCUT2D eigenvalue weighted by molar-refractivity contribution is 0.122. The third-order valence-corrected chi connectivity index (χ3v) is 3.52. The highest BCUT2D eigenvalue weighted by molar-refractivity contribution is 5.40. The maximum absolute atomic E-state index is 13.5. The molecule has 3 rings (SSSR count). The van der Waals surface area contributed by atoms with Crippen molar-refractivity contribution in [3.05, 3.63) is 41.8 Å². The summed E-state index contributed by atoms with van der Waals surface area (Å²) in [5.74, 6) is 1.05. The summed E-state index contributed by atoms with van der Waals surface area (Å²) in [7, 11) is 0. The average Bonchev–Trinajstić information content (AvgIpc) is 2.58. The molecule has 1 aliphatic rings. The van der Waals surface area contributed by atoms with Gasteiger partial charge in [-0.1, -0.05) is 18.2 Å². The molecule has 1 aromatic heterocycles. The van der Waals surface area contributed by atoms with E-state index in [-0.39, 0.29) is 5.82 Å². The van der Waals surface area contributed by atoms with Crippen molar-refractivity contribution in [3.63, 3.8) is 0 Å². The van der Waals surface area contributed by atoms with Gasteiger partial charge in [0.15, 0.2) is 5.82 Å². The molecule has 0 unspecified atom stereocenters. The third-order valence-electron chi connectivity index (χ3n) is 3.52. The maximum atomic E-state index is 13.5. The molecular weight excluding hydrogens is 285 g/mol. The first kappa shape index (κ1) is 14.6. The van der Waals surface area contributed by atoms with E-state index >= 15 is 0 Å². The van der Waals surface area contributed by atoms with Crippen molar-refractivity contribution < 1.29 is 9.13 Å². The normalized spacial score (nSPS) is 14.9. The van der Waals surface area contributed by atoms with Gasteiger partial charge in [0.05, 0.1) is 19.4 Å². The van der Waals surface area contributed by atoms with Gasteiger partial charge in [-0.05, 0) is 18.1 Å². The van der Waals surface area contributed by atoms with Gasteiger partial charge in [0.25, 0.3) is 0 Å². The number of morpholine rings is 1. The zero-order valence-electron chi connectivity index (χ0n) is 12.2. The van der Waals surface area contributed by atoms with Gasteiger partial charge >= 0.3 is 0 Å². The van der Waals surface area contributed by atoms with Crippen molar-refractivity contribution >= 4 is 11.8 Å². The molecule has 1 aliphatic heterocycles. The van der Waals surface area contributed by atoms with Crippen LogP contribution in [0.25, 0.3) is 0 Å². The molecule has 2 heterocycles. The summed E-state index contributed by atoms with van der Waals surface area (Å²) >= 11 is 0. The van der Waals surface area contributed by atoms with Crippen LogP contribution in [-0.2, 0) is 11.2 Å². The van der Waals surface area contributed by atoms with Crippen LogP contribution in [0.2, 0.25) is 0 Å². The Morgan fingerprint density at radius 3 is 2.86 bits per heavy atom. The Hall–Kier alpha value is -2.28. The van der Waals surface area contributed by atoms with Crippen LogP contribution < -0.4 is 10.2 Å². The van der Waals surface area contributed by atoms with E-state index in [0.717, 1.165) is 18.9 Å². The van der Waals surface area contributed by atoms with Gasteiger partial charge in [-0.15, -0.1) is 5.10 Å². The molecule has 0 aliphatic carbocycles. The van der Waals surface area contributed by atoms with E-state index in [1.165, 1.54) is 6.07 Å². The van der Waals surface area contributed by atoms with E-state index in [0.29, 0.717) is 37.7 Å². The fraction of sp³-hybridized carbons (Fsp3) is 0.400. The molecule has 0 bridgehead atoms. The van der Waals surface area contributed by atoms with E-state index < -0.39 is 0 Å². The number of rotatable bonds is 5. The summed E-state index contributed by atoms with van der Waals surface area (Å²) in [6.45, 7) is 3.54. The quantitative estimate of drug-likeness (QED) is 0.903. The number of nitrogens with one attached hydrogen (secondary N) is 1. The highest BCUT2D eigenvalue weighted by Crippen LogP contribution is 2.12. The number of hydrogen-bond donors (Lipinski definition) is 1. The van der Waals surface area contributed by atoms with Gasteiger partial charge in [-0.2, -0.15) is 10.1 Å². The molecular formula is C15H18FN5O. The van der Waals surface area contributed by atoms with E-state index in [4.69, 9.17) is 4.74 Å². The third kappa shape index (κ3) is 3.67. The number of halogens is 1. The molecule has 0 saturated carbocycles. The Morgan fingerprint density at radius 2 is 2.05 bits per heavy atom. The fourth-order valence-corrected chi connectivity index (χ4v) is 2.32. The lowest BCUT2D eigenvalue weighted by atomic mass is 10.1. The Balaban J connectivity index is 1.57. The minimum atomic E-state index is -0.189. The second-order valence-corrected chi connectivity index (χ2v) is 5.01. The summed E-state index contributed by atoms with van der Waals surface area (Å²) in [6.07, 6.45) is 2.21. The number of aromatic nitrogens is 3. The summed E-state index contributed by atoms with van der Waals surface area (Å²) in [4.78, 5) is 6.55. The van der Waals surface area contributed by atoms with Crippen molar-refractivity contribution in [3.8, 4) is 0 Å². The lowest BCUT2D eigenvalue weighted by Crippen LogP contribution is -2.37. The standard InChI is InChI=1S/C15H18FN5O/c16-13-4-2-1-3-12(13)5-6-17-15-19-14(11-18-20-15)21-7-9-22-10-8-21/h1-4,11H,5-10H2,(H,17,19,20). The van der Waals surface area contributed by atoms with Crippen LogP contribution in [0.4, 0.5) is 16.2 Å². The molecule has 1 aromatic carbocycles. The molecule has 0 radical (unpaired) electrons. The molecule has 6 nitrogen and oxygen atoms in total. The molecule has 1 N–H and O–H groups in total. The van der Waals surface area contributed by atoms with E-state index in [9.17, 15) is 4.39 Å². The summed E-state index contributed by atoms with van der Waals surface area (Å²) in [6, 6.07) is 6.76. The first-order valence-corrected chi connectivity index (χ1v) is 7.32. The van der Waals surface area contributed by atoms with Gasteiger partial charge in [-0.3, -0.25) is 0 Å². The monoisotopic (exact) mass is 303 g/mol. The predicted octanol–water partition coefficient (Wildman–Crippen LogP) is 1.50. The minimum absolute atomic E-state index is 0.189. The highest BCUT2D eigenvalue weighted by Gasteiger charge is 2.13. The summed E-state index contributed by atoms with van der Waals surface area (Å²) < 4.78 is 18.9. The van der Waals surface area contributed by atoms with E-state index in [2.05, 4.69) is 25.4 Å². The predicted molar refractivity (Wildman–Crippen MR) is 81.5 cm³/mol. The first-order valence-electron chi connectivity index (χ1n) is 7.32. The second kappa shape index (κ2) is 7.13. The Kier molecular flexibility index (Phi) is 4.75.